The van der Waals surface area contributed by atoms with E-state index in [9.17, 15) is 4.79 Å². The van der Waals surface area contributed by atoms with Crippen LogP contribution in [-0.4, -0.2) is 18.1 Å². The third-order valence-corrected chi connectivity index (χ3v) is 3.48. The number of benzene rings is 1. The van der Waals surface area contributed by atoms with Gasteiger partial charge in [-0.3, -0.25) is 0 Å². The lowest BCUT2D eigenvalue weighted by Crippen LogP contribution is -2.23. The second kappa shape index (κ2) is 6.79. The monoisotopic (exact) mass is 287 g/mol. The van der Waals surface area contributed by atoms with Gasteiger partial charge in [-0.05, 0) is 70.2 Å². The molecule has 1 atom stereocenters. The van der Waals surface area contributed by atoms with Crippen molar-refractivity contribution < 1.29 is 9.53 Å². The fourth-order valence-corrected chi connectivity index (χ4v) is 2.40. The van der Waals surface area contributed by atoms with Crippen molar-refractivity contribution in [1.29, 1.82) is 0 Å². The van der Waals surface area contributed by atoms with Gasteiger partial charge in [0.05, 0.1) is 5.56 Å². The fourth-order valence-electron chi connectivity index (χ4n) is 2.40. The molecule has 0 spiro atoms. The number of ether oxygens (including phenoxy) is 1. The Balaban J connectivity index is 1.81. The summed E-state index contributed by atoms with van der Waals surface area (Å²) in [5, 5.41) is 3.40. The molecule has 3 heteroatoms. The summed E-state index contributed by atoms with van der Waals surface area (Å²) >= 11 is 0. The van der Waals surface area contributed by atoms with Gasteiger partial charge in [-0.15, -0.1) is 0 Å². The summed E-state index contributed by atoms with van der Waals surface area (Å²) in [5.41, 5.74) is 1.18. The normalized spacial score (nSPS) is 17.8. The average Bonchev–Trinajstić information content (AvgIpc) is 2.91. The highest BCUT2D eigenvalue weighted by atomic mass is 16.6. The number of rotatable bonds is 5. The summed E-state index contributed by atoms with van der Waals surface area (Å²) in [4.78, 5) is 11.9. The van der Waals surface area contributed by atoms with Crippen LogP contribution >= 0.6 is 0 Å². The first kappa shape index (κ1) is 15.6. The molecule has 0 amide bonds. The molecule has 0 saturated heterocycles. The zero-order valence-corrected chi connectivity index (χ0v) is 13.2. The van der Waals surface area contributed by atoms with Crippen molar-refractivity contribution in [2.45, 2.75) is 45.6 Å². The SMILES string of the molecule is CC(C)(C)OC(=O)c1ccc(NCCC2C=CCC2)cc1. The van der Waals surface area contributed by atoms with Crippen LogP contribution in [0.1, 0.15) is 50.4 Å². The lowest BCUT2D eigenvalue weighted by molar-refractivity contribution is 0.00696. The van der Waals surface area contributed by atoms with Crippen molar-refractivity contribution in [1.82, 2.24) is 0 Å². The van der Waals surface area contributed by atoms with E-state index in [1.165, 1.54) is 12.8 Å². The average molecular weight is 287 g/mol. The maximum atomic E-state index is 11.9. The van der Waals surface area contributed by atoms with Crippen LogP contribution in [-0.2, 0) is 4.74 Å². The smallest absolute Gasteiger partial charge is 0.338 e. The van der Waals surface area contributed by atoms with E-state index in [1.807, 2.05) is 45.0 Å². The molecule has 114 valence electrons. The Bertz CT molecular complexity index is 497. The van der Waals surface area contributed by atoms with Crippen LogP contribution in [0.2, 0.25) is 0 Å². The third kappa shape index (κ3) is 5.25. The lowest BCUT2D eigenvalue weighted by atomic mass is 10.1. The molecular formula is C18H25NO2. The Morgan fingerprint density at radius 3 is 2.57 bits per heavy atom. The molecular weight excluding hydrogens is 262 g/mol. The third-order valence-electron chi connectivity index (χ3n) is 3.48. The zero-order valence-electron chi connectivity index (χ0n) is 13.2. The minimum Gasteiger partial charge on any atom is -0.456 e. The fraction of sp³-hybridized carbons (Fsp3) is 0.500. The molecule has 0 fully saturated rings. The van der Waals surface area contributed by atoms with Crippen LogP contribution in [0.3, 0.4) is 0 Å². The van der Waals surface area contributed by atoms with Crippen LogP contribution in [0.25, 0.3) is 0 Å². The lowest BCUT2D eigenvalue weighted by Gasteiger charge is -2.19. The van der Waals surface area contributed by atoms with Crippen LogP contribution in [0, 0.1) is 5.92 Å². The first-order valence-corrected chi connectivity index (χ1v) is 7.68. The molecule has 3 nitrogen and oxygen atoms in total. The second-order valence-electron chi connectivity index (χ2n) is 6.56. The largest absolute Gasteiger partial charge is 0.456 e. The van der Waals surface area contributed by atoms with E-state index in [0.717, 1.165) is 24.6 Å². The minimum absolute atomic E-state index is 0.273. The van der Waals surface area contributed by atoms with E-state index in [0.29, 0.717) is 5.56 Å². The van der Waals surface area contributed by atoms with Gasteiger partial charge in [0, 0.05) is 12.2 Å². The summed E-state index contributed by atoms with van der Waals surface area (Å²) in [6.45, 7) is 6.58. The van der Waals surface area contributed by atoms with E-state index in [2.05, 4.69) is 17.5 Å². The van der Waals surface area contributed by atoms with Crippen LogP contribution < -0.4 is 5.32 Å². The summed E-state index contributed by atoms with van der Waals surface area (Å²) in [7, 11) is 0. The number of carbonyl (C=O) groups is 1. The summed E-state index contributed by atoms with van der Waals surface area (Å²) in [5.74, 6) is 0.448. The Labute approximate surface area is 127 Å². The number of hydrogen-bond donors (Lipinski definition) is 1. The topological polar surface area (TPSA) is 38.3 Å². The van der Waals surface area contributed by atoms with E-state index >= 15 is 0 Å². The van der Waals surface area contributed by atoms with Gasteiger partial charge in [0.2, 0.25) is 0 Å². The van der Waals surface area contributed by atoms with E-state index in [4.69, 9.17) is 4.74 Å². The molecule has 21 heavy (non-hydrogen) atoms. The molecule has 0 saturated carbocycles. The molecule has 1 aliphatic rings. The number of allylic oxidation sites excluding steroid dienone is 2. The standard InChI is InChI=1S/C18H25NO2/c1-18(2,3)21-17(20)15-8-10-16(11-9-15)19-13-12-14-6-4-5-7-14/h4,6,8-11,14,19H,5,7,12-13H2,1-3H3. The number of carbonyl (C=O) groups excluding carboxylic acids is 1. The van der Waals surface area contributed by atoms with Crippen molar-refractivity contribution in [3.8, 4) is 0 Å². The molecule has 1 aliphatic carbocycles. The Morgan fingerprint density at radius 1 is 1.29 bits per heavy atom. The first-order chi connectivity index (χ1) is 9.94. The Kier molecular flexibility index (Phi) is 5.05. The number of esters is 1. The van der Waals surface area contributed by atoms with E-state index < -0.39 is 5.60 Å². The maximum absolute atomic E-state index is 11.9. The second-order valence-corrected chi connectivity index (χ2v) is 6.56. The molecule has 0 aliphatic heterocycles. The molecule has 1 aromatic rings. The summed E-state index contributed by atoms with van der Waals surface area (Å²) in [6.07, 6.45) is 8.23. The van der Waals surface area contributed by atoms with Crippen molar-refractivity contribution in [2.75, 3.05) is 11.9 Å². The molecule has 0 bridgehead atoms. The first-order valence-electron chi connectivity index (χ1n) is 7.68. The van der Waals surface area contributed by atoms with Crippen LogP contribution in [0.5, 0.6) is 0 Å². The predicted molar refractivity (Wildman–Crippen MR) is 86.6 cm³/mol. The summed E-state index contributed by atoms with van der Waals surface area (Å²) < 4.78 is 5.35. The predicted octanol–water partition coefficient (Wildman–Crippen LogP) is 4.41. The van der Waals surface area contributed by atoms with Gasteiger partial charge >= 0.3 is 5.97 Å². The van der Waals surface area contributed by atoms with Gasteiger partial charge in [-0.25, -0.2) is 4.79 Å². The van der Waals surface area contributed by atoms with E-state index in [-0.39, 0.29) is 5.97 Å². The van der Waals surface area contributed by atoms with Gasteiger partial charge in [0.15, 0.2) is 0 Å². The quantitative estimate of drug-likeness (QED) is 0.644. The van der Waals surface area contributed by atoms with Gasteiger partial charge in [0.1, 0.15) is 5.60 Å². The molecule has 2 rings (SSSR count). The molecule has 1 N–H and O–H groups in total. The Morgan fingerprint density at radius 2 is 2.00 bits per heavy atom. The molecule has 1 unspecified atom stereocenters. The van der Waals surface area contributed by atoms with Gasteiger partial charge in [-0.1, -0.05) is 12.2 Å². The number of hydrogen-bond acceptors (Lipinski definition) is 3. The number of nitrogens with one attached hydrogen (secondary N) is 1. The molecule has 0 aromatic heterocycles. The zero-order chi connectivity index (χ0) is 15.3. The highest BCUT2D eigenvalue weighted by molar-refractivity contribution is 5.90. The highest BCUT2D eigenvalue weighted by Crippen LogP contribution is 2.20. The molecule has 0 radical (unpaired) electrons. The summed E-state index contributed by atoms with van der Waals surface area (Å²) in [6, 6.07) is 7.49. The van der Waals surface area contributed by atoms with Crippen molar-refractivity contribution in [3.63, 3.8) is 0 Å². The van der Waals surface area contributed by atoms with E-state index in [1.54, 1.807) is 0 Å². The highest BCUT2D eigenvalue weighted by Gasteiger charge is 2.17. The minimum atomic E-state index is -0.456. The van der Waals surface area contributed by atoms with Gasteiger partial charge < -0.3 is 10.1 Å². The van der Waals surface area contributed by atoms with Crippen LogP contribution in [0.4, 0.5) is 5.69 Å². The van der Waals surface area contributed by atoms with Crippen molar-refractivity contribution >= 4 is 11.7 Å². The van der Waals surface area contributed by atoms with Gasteiger partial charge in [-0.2, -0.15) is 0 Å². The van der Waals surface area contributed by atoms with Crippen molar-refractivity contribution in [2.24, 2.45) is 5.92 Å². The maximum Gasteiger partial charge on any atom is 0.338 e. The van der Waals surface area contributed by atoms with Crippen molar-refractivity contribution in [3.05, 3.63) is 42.0 Å². The molecule has 0 heterocycles. The number of anilines is 1. The Hall–Kier alpha value is -1.77. The molecule has 1 aromatic carbocycles. The van der Waals surface area contributed by atoms with Gasteiger partial charge in [0.25, 0.3) is 0 Å². The van der Waals surface area contributed by atoms with Crippen LogP contribution in [0.15, 0.2) is 36.4 Å².